The number of aliphatic carboxylic acids is 1. The van der Waals surface area contributed by atoms with Crippen LogP contribution in [0.2, 0.25) is 0 Å². The molecule has 0 bridgehead atoms. The van der Waals surface area contributed by atoms with E-state index in [2.05, 4.69) is 24.2 Å². The maximum absolute atomic E-state index is 12.4. The van der Waals surface area contributed by atoms with Crippen LogP contribution >= 0.6 is 0 Å². The Balaban J connectivity index is 1.85. The Bertz CT molecular complexity index is 778. The average Bonchev–Trinajstić information content (AvgIpc) is 3.29. The first-order chi connectivity index (χ1) is 12.1. The highest BCUT2D eigenvalue weighted by Crippen LogP contribution is 2.33. The van der Waals surface area contributed by atoms with Crippen molar-refractivity contribution in [1.29, 1.82) is 0 Å². The Morgan fingerprint density at radius 3 is 2.60 bits per heavy atom. The number of nitrogens with zero attached hydrogens (tertiary/aromatic N) is 2. The highest BCUT2D eigenvalue weighted by molar-refractivity contribution is 6.03. The molecule has 1 aliphatic rings. The first-order valence-electron chi connectivity index (χ1n) is 8.32. The van der Waals surface area contributed by atoms with Gasteiger partial charge in [-0.3, -0.25) is 9.59 Å². The standard InChI is InChI=1S/C19H20N2O4/c1-2-13-5-7-14(8-6-13)15-12-16(17-4-3-11-25-17)21(20-15)18(22)9-10-19(23)24/h3-8,11,16H,2,9-10,12H2,1H3,(H,23,24). The van der Waals surface area contributed by atoms with Gasteiger partial charge >= 0.3 is 5.97 Å². The van der Waals surface area contributed by atoms with Crippen molar-refractivity contribution in [2.75, 3.05) is 0 Å². The Kier molecular flexibility index (Phi) is 4.97. The molecule has 1 aromatic heterocycles. The molecule has 0 aliphatic carbocycles. The van der Waals surface area contributed by atoms with Crippen molar-refractivity contribution in [3.63, 3.8) is 0 Å². The molecule has 1 N–H and O–H groups in total. The van der Waals surface area contributed by atoms with Crippen LogP contribution in [0.25, 0.3) is 0 Å². The summed E-state index contributed by atoms with van der Waals surface area (Å²) in [6.07, 6.45) is 2.76. The molecular weight excluding hydrogens is 320 g/mol. The van der Waals surface area contributed by atoms with Crippen LogP contribution in [0, 0.1) is 0 Å². The van der Waals surface area contributed by atoms with Crippen LogP contribution in [0.1, 0.15) is 49.1 Å². The SMILES string of the molecule is CCc1ccc(C2=NN(C(=O)CCC(=O)O)C(c3ccco3)C2)cc1. The van der Waals surface area contributed by atoms with Crippen LogP contribution in [-0.2, 0) is 16.0 Å². The maximum Gasteiger partial charge on any atom is 0.303 e. The Morgan fingerprint density at radius 2 is 2.00 bits per heavy atom. The molecule has 25 heavy (non-hydrogen) atoms. The molecule has 0 fully saturated rings. The van der Waals surface area contributed by atoms with Crippen molar-refractivity contribution in [1.82, 2.24) is 5.01 Å². The summed E-state index contributed by atoms with van der Waals surface area (Å²) in [5.41, 5.74) is 2.99. The molecule has 1 aliphatic heterocycles. The van der Waals surface area contributed by atoms with Gasteiger partial charge in [0.1, 0.15) is 11.8 Å². The monoisotopic (exact) mass is 340 g/mol. The van der Waals surface area contributed by atoms with Gasteiger partial charge in [0.25, 0.3) is 0 Å². The lowest BCUT2D eigenvalue weighted by molar-refractivity contribution is -0.141. The van der Waals surface area contributed by atoms with Gasteiger partial charge in [0.05, 0.1) is 18.4 Å². The number of amides is 1. The summed E-state index contributed by atoms with van der Waals surface area (Å²) in [6, 6.07) is 11.3. The van der Waals surface area contributed by atoms with Gasteiger partial charge in [0, 0.05) is 12.8 Å². The molecule has 1 atom stereocenters. The van der Waals surface area contributed by atoms with E-state index in [0.29, 0.717) is 12.2 Å². The highest BCUT2D eigenvalue weighted by Gasteiger charge is 2.34. The highest BCUT2D eigenvalue weighted by atomic mass is 16.4. The van der Waals surface area contributed by atoms with Crippen molar-refractivity contribution in [3.05, 3.63) is 59.5 Å². The van der Waals surface area contributed by atoms with Crippen LogP contribution in [0.15, 0.2) is 52.2 Å². The summed E-state index contributed by atoms with van der Waals surface area (Å²) in [7, 11) is 0. The molecule has 6 nitrogen and oxygen atoms in total. The lowest BCUT2D eigenvalue weighted by Gasteiger charge is -2.19. The number of carboxylic acids is 1. The summed E-state index contributed by atoms with van der Waals surface area (Å²) >= 11 is 0. The Labute approximate surface area is 145 Å². The van der Waals surface area contributed by atoms with Gasteiger partial charge in [0.2, 0.25) is 5.91 Å². The van der Waals surface area contributed by atoms with Crippen LogP contribution in [0.4, 0.5) is 0 Å². The van der Waals surface area contributed by atoms with E-state index in [9.17, 15) is 9.59 Å². The number of carbonyl (C=O) groups is 2. The number of furan rings is 1. The molecule has 2 aromatic rings. The summed E-state index contributed by atoms with van der Waals surface area (Å²) in [5.74, 6) is -0.668. The Morgan fingerprint density at radius 1 is 1.24 bits per heavy atom. The fraction of sp³-hybridized carbons (Fsp3) is 0.316. The zero-order valence-corrected chi connectivity index (χ0v) is 14.0. The predicted octanol–water partition coefficient (Wildman–Crippen LogP) is 3.38. The number of hydrazone groups is 1. The molecule has 1 aromatic carbocycles. The maximum atomic E-state index is 12.4. The van der Waals surface area contributed by atoms with E-state index >= 15 is 0 Å². The number of hydrogen-bond acceptors (Lipinski definition) is 4. The average molecular weight is 340 g/mol. The van der Waals surface area contributed by atoms with Gasteiger partial charge < -0.3 is 9.52 Å². The fourth-order valence-corrected chi connectivity index (χ4v) is 2.88. The fourth-order valence-electron chi connectivity index (χ4n) is 2.88. The molecule has 0 radical (unpaired) electrons. The molecule has 2 heterocycles. The number of carboxylic acid groups (broad SMARTS) is 1. The normalized spacial score (nSPS) is 16.8. The van der Waals surface area contributed by atoms with Crippen LogP contribution < -0.4 is 0 Å². The molecule has 0 spiro atoms. The molecule has 130 valence electrons. The lowest BCUT2D eigenvalue weighted by Crippen LogP contribution is -2.27. The van der Waals surface area contributed by atoms with E-state index in [1.165, 1.54) is 10.6 Å². The van der Waals surface area contributed by atoms with E-state index in [1.54, 1.807) is 18.4 Å². The van der Waals surface area contributed by atoms with E-state index in [0.717, 1.165) is 17.7 Å². The van der Waals surface area contributed by atoms with Gasteiger partial charge in [-0.2, -0.15) is 5.10 Å². The second-order valence-electron chi connectivity index (χ2n) is 5.96. The topological polar surface area (TPSA) is 83.1 Å². The smallest absolute Gasteiger partial charge is 0.303 e. The second-order valence-corrected chi connectivity index (χ2v) is 5.96. The van der Waals surface area contributed by atoms with Gasteiger partial charge in [-0.05, 0) is 29.7 Å². The first kappa shape index (κ1) is 17.0. The number of aryl methyl sites for hydroxylation is 1. The number of benzene rings is 1. The summed E-state index contributed by atoms with van der Waals surface area (Å²) in [6.45, 7) is 2.10. The lowest BCUT2D eigenvalue weighted by atomic mass is 10.0. The molecule has 1 amide bonds. The predicted molar refractivity (Wildman–Crippen MR) is 92.1 cm³/mol. The van der Waals surface area contributed by atoms with E-state index in [1.807, 2.05) is 12.1 Å². The number of carbonyl (C=O) groups excluding carboxylic acids is 1. The Hall–Kier alpha value is -2.89. The zero-order chi connectivity index (χ0) is 17.8. The third-order valence-corrected chi connectivity index (χ3v) is 4.29. The molecule has 1 unspecified atom stereocenters. The summed E-state index contributed by atoms with van der Waals surface area (Å²) in [4.78, 5) is 23.2. The van der Waals surface area contributed by atoms with Crippen LogP contribution in [0.3, 0.4) is 0 Å². The van der Waals surface area contributed by atoms with E-state index in [4.69, 9.17) is 9.52 Å². The zero-order valence-electron chi connectivity index (χ0n) is 14.0. The largest absolute Gasteiger partial charge is 0.481 e. The third-order valence-electron chi connectivity index (χ3n) is 4.29. The van der Waals surface area contributed by atoms with Crippen molar-refractivity contribution in [3.8, 4) is 0 Å². The first-order valence-corrected chi connectivity index (χ1v) is 8.32. The molecule has 3 rings (SSSR count). The van der Waals surface area contributed by atoms with Crippen molar-refractivity contribution in [2.45, 2.75) is 38.6 Å². The van der Waals surface area contributed by atoms with Crippen LogP contribution in [0.5, 0.6) is 0 Å². The van der Waals surface area contributed by atoms with Crippen LogP contribution in [-0.4, -0.2) is 27.7 Å². The summed E-state index contributed by atoms with van der Waals surface area (Å²) in [5, 5.41) is 14.7. The second kappa shape index (κ2) is 7.34. The third kappa shape index (κ3) is 3.79. The van der Waals surface area contributed by atoms with Gasteiger partial charge in [-0.15, -0.1) is 0 Å². The van der Waals surface area contributed by atoms with Gasteiger partial charge in [0.15, 0.2) is 0 Å². The van der Waals surface area contributed by atoms with E-state index in [-0.39, 0.29) is 24.8 Å². The number of rotatable bonds is 6. The van der Waals surface area contributed by atoms with Crippen molar-refractivity contribution < 1.29 is 19.1 Å². The van der Waals surface area contributed by atoms with Gasteiger partial charge in [-0.1, -0.05) is 31.2 Å². The molecular formula is C19H20N2O4. The minimum absolute atomic E-state index is 0.0852. The molecule has 0 saturated heterocycles. The number of hydrogen-bond donors (Lipinski definition) is 1. The minimum Gasteiger partial charge on any atom is -0.481 e. The quantitative estimate of drug-likeness (QED) is 0.874. The van der Waals surface area contributed by atoms with Crippen molar-refractivity contribution in [2.24, 2.45) is 5.10 Å². The molecule has 0 saturated carbocycles. The van der Waals surface area contributed by atoms with E-state index < -0.39 is 5.97 Å². The minimum atomic E-state index is -0.999. The van der Waals surface area contributed by atoms with Gasteiger partial charge in [-0.25, -0.2) is 5.01 Å². The van der Waals surface area contributed by atoms with Crippen molar-refractivity contribution >= 4 is 17.6 Å². The summed E-state index contributed by atoms with van der Waals surface area (Å²) < 4.78 is 5.46. The molecule has 6 heteroatoms.